The van der Waals surface area contributed by atoms with Gasteiger partial charge in [0.05, 0.1) is 41.4 Å². The second-order valence-electron chi connectivity index (χ2n) is 9.16. The molecule has 202 valence electrons. The maximum absolute atomic E-state index is 13.3. The van der Waals surface area contributed by atoms with Crippen LogP contribution >= 0.6 is 31.9 Å². The van der Waals surface area contributed by atoms with Crippen LogP contribution < -0.4 is 15.5 Å². The van der Waals surface area contributed by atoms with E-state index >= 15 is 0 Å². The predicted octanol–water partition coefficient (Wildman–Crippen LogP) is 5.85. The number of carbonyl (C=O) groups is 3. The van der Waals surface area contributed by atoms with Crippen LogP contribution in [0.5, 0.6) is 0 Å². The number of nitrogens with zero attached hydrogens (tertiary/aromatic N) is 2. The highest BCUT2D eigenvalue weighted by Crippen LogP contribution is 2.41. The summed E-state index contributed by atoms with van der Waals surface area (Å²) in [6.07, 6.45) is 0. The van der Waals surface area contributed by atoms with Crippen LogP contribution in [0.4, 0.5) is 17.1 Å². The quantitative estimate of drug-likeness (QED) is 0.234. The summed E-state index contributed by atoms with van der Waals surface area (Å²) in [6, 6.07) is 18.3. The van der Waals surface area contributed by atoms with E-state index in [1.165, 1.54) is 0 Å². The van der Waals surface area contributed by atoms with E-state index in [4.69, 9.17) is 4.74 Å². The zero-order valence-corrected chi connectivity index (χ0v) is 25.1. The number of likely N-dealkylation sites (N-methyl/N-ethyl adjacent to an activating group) is 2. The van der Waals surface area contributed by atoms with Crippen molar-refractivity contribution >= 4 is 78.0 Å². The number of fused-ring (bicyclic) bond motifs is 1. The lowest BCUT2D eigenvalue weighted by atomic mass is 9.99. The van der Waals surface area contributed by atoms with Crippen molar-refractivity contribution in [1.29, 1.82) is 0 Å². The van der Waals surface area contributed by atoms with Gasteiger partial charge in [-0.3, -0.25) is 9.59 Å². The van der Waals surface area contributed by atoms with Gasteiger partial charge in [-0.25, -0.2) is 4.79 Å². The van der Waals surface area contributed by atoms with E-state index in [9.17, 15) is 14.4 Å². The van der Waals surface area contributed by atoms with Gasteiger partial charge < -0.3 is 25.2 Å². The summed E-state index contributed by atoms with van der Waals surface area (Å²) >= 11 is 7.24. The third-order valence-electron chi connectivity index (χ3n) is 6.03. The van der Waals surface area contributed by atoms with Crippen molar-refractivity contribution in [3.63, 3.8) is 0 Å². The van der Waals surface area contributed by atoms with Gasteiger partial charge in [-0.1, -0.05) is 36.4 Å². The monoisotopic (exact) mass is 654 g/mol. The second-order valence-corrected chi connectivity index (χ2v) is 10.9. The Labute approximate surface area is 244 Å². The Morgan fingerprint density at radius 1 is 0.949 bits per heavy atom. The van der Waals surface area contributed by atoms with E-state index in [2.05, 4.69) is 42.5 Å². The van der Waals surface area contributed by atoms with Crippen LogP contribution in [0.3, 0.4) is 0 Å². The number of esters is 1. The molecule has 1 aliphatic rings. The minimum Gasteiger partial charge on any atom is -0.462 e. The molecule has 0 spiro atoms. The molecule has 10 heteroatoms. The van der Waals surface area contributed by atoms with Gasteiger partial charge in [0.1, 0.15) is 0 Å². The van der Waals surface area contributed by atoms with Gasteiger partial charge in [-0.15, -0.1) is 0 Å². The highest BCUT2D eigenvalue weighted by Gasteiger charge is 2.30. The van der Waals surface area contributed by atoms with E-state index in [1.54, 1.807) is 37.1 Å². The van der Waals surface area contributed by atoms with Crippen molar-refractivity contribution in [1.82, 2.24) is 4.90 Å². The Balaban J connectivity index is 1.78. The first kappa shape index (κ1) is 28.5. The summed E-state index contributed by atoms with van der Waals surface area (Å²) in [5.74, 6) is -0.797. The Morgan fingerprint density at radius 3 is 2.23 bits per heavy atom. The molecule has 0 radical (unpaired) electrons. The molecule has 8 nitrogen and oxygen atoms in total. The van der Waals surface area contributed by atoms with Crippen LogP contribution in [0, 0.1) is 0 Å². The molecule has 0 aliphatic carbocycles. The molecule has 4 rings (SSSR count). The number of anilines is 3. The molecule has 1 aliphatic heterocycles. The van der Waals surface area contributed by atoms with Gasteiger partial charge in [-0.2, -0.15) is 0 Å². The molecule has 0 atom stereocenters. The SMILES string of the molecule is CCOC(=O)c1ccc2c(c1)NC(=O)/C2=C(\Nc1cc(Br)c(N(C)C(=O)CN(C)C)c(Br)c1)c1ccccc1. The van der Waals surface area contributed by atoms with Crippen molar-refractivity contribution in [3.05, 3.63) is 86.3 Å². The smallest absolute Gasteiger partial charge is 0.338 e. The highest BCUT2D eigenvalue weighted by molar-refractivity contribution is 9.11. The standard InChI is InChI=1S/C29H28Br2N4O4/c1-5-39-29(38)18-11-12-20-23(13-18)33-28(37)25(20)26(17-9-7-6-8-10-17)32-19-14-21(30)27(22(31)15-19)35(4)24(36)16-34(2)3/h6-15,32H,5,16H2,1-4H3,(H,33,37)/b26-25-. The maximum atomic E-state index is 13.3. The minimum absolute atomic E-state index is 0.0596. The first-order valence-corrected chi connectivity index (χ1v) is 13.8. The molecule has 0 saturated heterocycles. The summed E-state index contributed by atoms with van der Waals surface area (Å²) in [4.78, 5) is 41.6. The fourth-order valence-corrected chi connectivity index (χ4v) is 5.97. The fourth-order valence-electron chi connectivity index (χ4n) is 4.25. The molecule has 0 saturated carbocycles. The zero-order valence-electron chi connectivity index (χ0n) is 22.0. The highest BCUT2D eigenvalue weighted by atomic mass is 79.9. The first-order valence-electron chi connectivity index (χ1n) is 12.2. The largest absolute Gasteiger partial charge is 0.462 e. The molecule has 3 aromatic rings. The second kappa shape index (κ2) is 12.1. The van der Waals surface area contributed by atoms with Crippen LogP contribution in [0.2, 0.25) is 0 Å². The van der Waals surface area contributed by atoms with E-state index < -0.39 is 5.97 Å². The third-order valence-corrected chi connectivity index (χ3v) is 7.24. The van der Waals surface area contributed by atoms with Crippen molar-refractivity contribution in [2.75, 3.05) is 49.8 Å². The van der Waals surface area contributed by atoms with Gasteiger partial charge in [0, 0.05) is 27.2 Å². The average Bonchev–Trinajstić information content (AvgIpc) is 3.21. The molecule has 2 N–H and O–H groups in total. The summed E-state index contributed by atoms with van der Waals surface area (Å²) in [5.41, 5.74) is 4.80. The van der Waals surface area contributed by atoms with E-state index in [-0.39, 0.29) is 25.0 Å². The predicted molar refractivity (Wildman–Crippen MR) is 162 cm³/mol. The normalized spacial score (nSPS) is 13.6. The molecular weight excluding hydrogens is 628 g/mol. The number of rotatable bonds is 8. The minimum atomic E-state index is -0.447. The van der Waals surface area contributed by atoms with Gasteiger partial charge in [0.15, 0.2) is 0 Å². The Morgan fingerprint density at radius 2 is 1.62 bits per heavy atom. The number of halogens is 2. The molecule has 0 unspecified atom stereocenters. The van der Waals surface area contributed by atoms with Crippen LogP contribution in [-0.4, -0.2) is 57.0 Å². The Bertz CT molecular complexity index is 1450. The average molecular weight is 656 g/mol. The van der Waals surface area contributed by atoms with Crippen molar-refractivity contribution in [2.24, 2.45) is 0 Å². The molecule has 3 aromatic carbocycles. The number of nitrogens with one attached hydrogen (secondary N) is 2. The van der Waals surface area contributed by atoms with E-state index in [0.717, 1.165) is 5.56 Å². The lowest BCUT2D eigenvalue weighted by molar-refractivity contribution is -0.119. The summed E-state index contributed by atoms with van der Waals surface area (Å²) in [6.45, 7) is 2.28. The number of hydrogen-bond acceptors (Lipinski definition) is 6. The zero-order chi connectivity index (χ0) is 28.3. The van der Waals surface area contributed by atoms with Crippen LogP contribution in [0.15, 0.2) is 69.6 Å². The van der Waals surface area contributed by atoms with E-state index in [0.29, 0.717) is 48.4 Å². The fraction of sp³-hybridized carbons (Fsp3) is 0.207. The Hall–Kier alpha value is -3.47. The third kappa shape index (κ3) is 6.24. The first-order chi connectivity index (χ1) is 18.6. The lowest BCUT2D eigenvalue weighted by Gasteiger charge is -2.23. The topological polar surface area (TPSA) is 91.0 Å². The number of ether oxygens (including phenoxy) is 1. The van der Waals surface area contributed by atoms with Crippen molar-refractivity contribution < 1.29 is 19.1 Å². The Kier molecular flexibility index (Phi) is 8.89. The van der Waals surface area contributed by atoms with Gasteiger partial charge >= 0.3 is 5.97 Å². The molecule has 1 heterocycles. The molecule has 0 bridgehead atoms. The summed E-state index contributed by atoms with van der Waals surface area (Å²) in [7, 11) is 5.42. The van der Waals surface area contributed by atoms with E-state index in [1.807, 2.05) is 61.5 Å². The van der Waals surface area contributed by atoms with Crippen molar-refractivity contribution in [2.45, 2.75) is 6.92 Å². The van der Waals surface area contributed by atoms with Crippen LogP contribution in [0.1, 0.15) is 28.4 Å². The summed E-state index contributed by atoms with van der Waals surface area (Å²) < 4.78 is 6.50. The lowest BCUT2D eigenvalue weighted by Crippen LogP contribution is -2.35. The molecular formula is C29H28Br2N4O4. The van der Waals surface area contributed by atoms with Crippen LogP contribution in [-0.2, 0) is 14.3 Å². The number of hydrogen-bond donors (Lipinski definition) is 2. The maximum Gasteiger partial charge on any atom is 0.338 e. The molecule has 0 aromatic heterocycles. The van der Waals surface area contributed by atoms with Crippen molar-refractivity contribution in [3.8, 4) is 0 Å². The van der Waals surface area contributed by atoms with Crippen LogP contribution in [0.25, 0.3) is 11.3 Å². The number of benzene rings is 3. The number of carbonyl (C=O) groups excluding carboxylic acids is 3. The molecule has 39 heavy (non-hydrogen) atoms. The summed E-state index contributed by atoms with van der Waals surface area (Å²) in [5, 5.41) is 6.32. The molecule has 0 fully saturated rings. The molecule has 2 amide bonds. The number of amides is 2. The van der Waals surface area contributed by atoms with Gasteiger partial charge in [-0.05, 0) is 82.7 Å². The van der Waals surface area contributed by atoms with Gasteiger partial charge in [0.2, 0.25) is 5.91 Å². The van der Waals surface area contributed by atoms with Gasteiger partial charge in [0.25, 0.3) is 5.91 Å².